The van der Waals surface area contributed by atoms with Crippen LogP contribution in [0.15, 0.2) is 91.1 Å². The van der Waals surface area contributed by atoms with E-state index in [2.05, 4.69) is 34.1 Å². The highest BCUT2D eigenvalue weighted by molar-refractivity contribution is 5.86. The Morgan fingerprint density at radius 1 is 0.897 bits per heavy atom. The number of nitrogens with zero attached hydrogens (tertiary/aromatic N) is 1. The third kappa shape index (κ3) is 4.46. The molecule has 0 aliphatic rings. The lowest BCUT2D eigenvalue weighted by Gasteiger charge is -2.26. The number of likely N-dealkylation sites (N-methyl/N-ethyl adjacent to an activating group) is 1. The van der Waals surface area contributed by atoms with Crippen molar-refractivity contribution in [3.63, 3.8) is 0 Å². The van der Waals surface area contributed by atoms with E-state index < -0.39 is 6.10 Å². The molecule has 2 N–H and O–H groups in total. The third-order valence-electron chi connectivity index (χ3n) is 4.89. The van der Waals surface area contributed by atoms with Gasteiger partial charge >= 0.3 is 0 Å². The molecule has 2 atom stereocenters. The zero-order valence-corrected chi connectivity index (χ0v) is 17.0. The first-order valence-corrected chi connectivity index (χ1v) is 9.48. The number of hydrogen-bond acceptors (Lipinski definition) is 3. The zero-order valence-electron chi connectivity index (χ0n) is 16.2. The molecule has 4 rings (SSSR count). The van der Waals surface area contributed by atoms with E-state index in [0.29, 0.717) is 6.54 Å². The third-order valence-corrected chi connectivity index (χ3v) is 4.89. The van der Waals surface area contributed by atoms with Gasteiger partial charge in [0, 0.05) is 18.1 Å². The standard InChI is InChI=1S/C24H24N2O2.ClH/c1-25-17-21(27)23(18-9-4-2-5-10-18)26-16-15-19-11-8-14-22(24(19)26)28-20-12-6-3-7-13-20;/h2-16,21,23,25,27H,17H2,1H3;1H/t21-,23+;/m1./s1. The number of fused-ring (bicyclic) bond motifs is 1. The molecule has 1 aromatic heterocycles. The monoisotopic (exact) mass is 408 g/mol. The highest BCUT2D eigenvalue weighted by atomic mass is 35.5. The van der Waals surface area contributed by atoms with Crippen LogP contribution in [0.4, 0.5) is 0 Å². The molecular formula is C24H25ClN2O2. The van der Waals surface area contributed by atoms with Crippen LogP contribution >= 0.6 is 12.4 Å². The fraction of sp³-hybridized carbons (Fsp3) is 0.167. The Balaban J connectivity index is 0.00000240. The highest BCUT2D eigenvalue weighted by Crippen LogP contribution is 2.35. The van der Waals surface area contributed by atoms with Gasteiger partial charge in [-0.1, -0.05) is 60.7 Å². The number of para-hydroxylation sites is 2. The molecule has 1 heterocycles. The first kappa shape index (κ1) is 20.9. The van der Waals surface area contributed by atoms with Crippen LogP contribution in [-0.4, -0.2) is 29.4 Å². The van der Waals surface area contributed by atoms with Crippen LogP contribution in [0.1, 0.15) is 11.6 Å². The number of nitrogens with one attached hydrogen (secondary N) is 1. The fourth-order valence-electron chi connectivity index (χ4n) is 3.65. The van der Waals surface area contributed by atoms with Crippen LogP contribution in [0, 0.1) is 0 Å². The molecule has 0 amide bonds. The molecule has 4 nitrogen and oxygen atoms in total. The molecular weight excluding hydrogens is 384 g/mol. The number of aliphatic hydroxyl groups excluding tert-OH is 1. The fourth-order valence-corrected chi connectivity index (χ4v) is 3.65. The number of benzene rings is 3. The van der Waals surface area contributed by atoms with Crippen LogP contribution in [0.5, 0.6) is 11.5 Å². The van der Waals surface area contributed by atoms with Crippen molar-refractivity contribution in [1.29, 1.82) is 0 Å². The molecule has 0 saturated carbocycles. The second-order valence-electron chi connectivity index (χ2n) is 6.81. The van der Waals surface area contributed by atoms with Gasteiger partial charge in [0.2, 0.25) is 0 Å². The second-order valence-corrected chi connectivity index (χ2v) is 6.81. The molecule has 150 valence electrons. The summed E-state index contributed by atoms with van der Waals surface area (Å²) in [6, 6.07) is 27.7. The molecule has 0 spiro atoms. The summed E-state index contributed by atoms with van der Waals surface area (Å²) in [5.41, 5.74) is 2.02. The van der Waals surface area contributed by atoms with E-state index in [0.717, 1.165) is 28.0 Å². The number of rotatable bonds is 7. The molecule has 5 heteroatoms. The summed E-state index contributed by atoms with van der Waals surface area (Å²) in [5.74, 6) is 1.56. The van der Waals surface area contributed by atoms with Crippen molar-refractivity contribution in [1.82, 2.24) is 9.88 Å². The minimum Gasteiger partial charge on any atom is -0.455 e. The Kier molecular flexibility index (Phi) is 6.94. The van der Waals surface area contributed by atoms with Gasteiger partial charge in [0.15, 0.2) is 5.75 Å². The van der Waals surface area contributed by atoms with Gasteiger partial charge in [-0.25, -0.2) is 0 Å². The summed E-state index contributed by atoms with van der Waals surface area (Å²) in [7, 11) is 1.85. The Morgan fingerprint density at radius 3 is 2.28 bits per heavy atom. The van der Waals surface area contributed by atoms with Crippen molar-refractivity contribution in [2.45, 2.75) is 12.1 Å². The van der Waals surface area contributed by atoms with Gasteiger partial charge in [0.1, 0.15) is 5.75 Å². The van der Waals surface area contributed by atoms with Crippen LogP contribution < -0.4 is 10.1 Å². The lowest BCUT2D eigenvalue weighted by molar-refractivity contribution is 0.132. The zero-order chi connectivity index (χ0) is 19.3. The topological polar surface area (TPSA) is 46.4 Å². The van der Waals surface area contributed by atoms with E-state index in [-0.39, 0.29) is 18.4 Å². The number of hydrogen-bond donors (Lipinski definition) is 2. The Morgan fingerprint density at radius 2 is 1.59 bits per heavy atom. The summed E-state index contributed by atoms with van der Waals surface area (Å²) in [4.78, 5) is 0. The lowest BCUT2D eigenvalue weighted by Crippen LogP contribution is -2.33. The van der Waals surface area contributed by atoms with Crippen LogP contribution in [0.25, 0.3) is 10.9 Å². The number of aromatic nitrogens is 1. The maximum absolute atomic E-state index is 11.0. The van der Waals surface area contributed by atoms with Gasteiger partial charge in [-0.2, -0.15) is 0 Å². The number of halogens is 1. The van der Waals surface area contributed by atoms with Gasteiger partial charge in [0.25, 0.3) is 0 Å². The minimum atomic E-state index is -0.590. The van der Waals surface area contributed by atoms with Crippen LogP contribution in [-0.2, 0) is 0 Å². The van der Waals surface area contributed by atoms with Crippen molar-refractivity contribution in [3.8, 4) is 11.5 Å². The van der Waals surface area contributed by atoms with Gasteiger partial charge in [-0.15, -0.1) is 12.4 Å². The van der Waals surface area contributed by atoms with Gasteiger partial charge in [-0.3, -0.25) is 0 Å². The molecule has 29 heavy (non-hydrogen) atoms. The van der Waals surface area contributed by atoms with Crippen molar-refractivity contribution in [2.24, 2.45) is 0 Å². The predicted molar refractivity (Wildman–Crippen MR) is 120 cm³/mol. The number of ether oxygens (including phenoxy) is 1. The smallest absolute Gasteiger partial charge is 0.151 e. The largest absolute Gasteiger partial charge is 0.455 e. The Bertz CT molecular complexity index is 1030. The molecule has 0 aliphatic heterocycles. The lowest BCUT2D eigenvalue weighted by atomic mass is 10.0. The normalized spacial score (nSPS) is 12.9. The molecule has 0 unspecified atom stereocenters. The molecule has 0 aliphatic carbocycles. The van der Waals surface area contributed by atoms with Crippen molar-refractivity contribution in [2.75, 3.05) is 13.6 Å². The van der Waals surface area contributed by atoms with E-state index in [1.54, 1.807) is 0 Å². The molecule has 4 aromatic rings. The van der Waals surface area contributed by atoms with E-state index in [1.807, 2.05) is 73.9 Å². The summed E-state index contributed by atoms with van der Waals surface area (Å²) >= 11 is 0. The quantitative estimate of drug-likeness (QED) is 0.451. The highest BCUT2D eigenvalue weighted by Gasteiger charge is 2.25. The molecule has 0 radical (unpaired) electrons. The van der Waals surface area contributed by atoms with Gasteiger partial charge in [0.05, 0.1) is 17.7 Å². The van der Waals surface area contributed by atoms with Crippen molar-refractivity contribution in [3.05, 3.63) is 96.7 Å². The van der Waals surface area contributed by atoms with E-state index in [1.165, 1.54) is 0 Å². The summed E-state index contributed by atoms with van der Waals surface area (Å²) in [6.07, 6.45) is 1.44. The molecule has 0 fully saturated rings. The van der Waals surface area contributed by atoms with Crippen LogP contribution in [0.2, 0.25) is 0 Å². The average Bonchev–Trinajstić information content (AvgIpc) is 3.15. The first-order chi connectivity index (χ1) is 13.8. The minimum absolute atomic E-state index is 0. The SMILES string of the molecule is CNC[C@@H](O)[C@H](c1ccccc1)n1ccc2cccc(Oc3ccccc3)c21.Cl. The average molecular weight is 409 g/mol. The Hall–Kier alpha value is -2.79. The second kappa shape index (κ2) is 9.61. The Labute approximate surface area is 177 Å². The first-order valence-electron chi connectivity index (χ1n) is 9.48. The summed E-state index contributed by atoms with van der Waals surface area (Å²) in [5, 5.41) is 15.1. The van der Waals surface area contributed by atoms with E-state index >= 15 is 0 Å². The van der Waals surface area contributed by atoms with E-state index in [4.69, 9.17) is 4.74 Å². The predicted octanol–water partition coefficient (Wildman–Crippen LogP) is 5.03. The number of aliphatic hydroxyl groups is 1. The van der Waals surface area contributed by atoms with Gasteiger partial charge < -0.3 is 19.7 Å². The van der Waals surface area contributed by atoms with Gasteiger partial charge in [-0.05, 0) is 36.9 Å². The molecule has 0 saturated heterocycles. The van der Waals surface area contributed by atoms with E-state index in [9.17, 15) is 5.11 Å². The maximum atomic E-state index is 11.0. The van der Waals surface area contributed by atoms with Crippen molar-refractivity contribution < 1.29 is 9.84 Å². The van der Waals surface area contributed by atoms with Crippen molar-refractivity contribution >= 4 is 23.3 Å². The van der Waals surface area contributed by atoms with Crippen LogP contribution in [0.3, 0.4) is 0 Å². The molecule has 3 aromatic carbocycles. The maximum Gasteiger partial charge on any atom is 0.151 e. The molecule has 0 bridgehead atoms. The summed E-state index contributed by atoms with van der Waals surface area (Å²) < 4.78 is 8.31. The summed E-state index contributed by atoms with van der Waals surface area (Å²) in [6.45, 7) is 0.487.